The number of amides is 2. The summed E-state index contributed by atoms with van der Waals surface area (Å²) in [5, 5.41) is 0.661. The summed E-state index contributed by atoms with van der Waals surface area (Å²) in [5.74, 6) is -0.00597. The molecule has 0 spiro atoms. The van der Waals surface area contributed by atoms with Gasteiger partial charge in [0.1, 0.15) is 5.82 Å². The van der Waals surface area contributed by atoms with Gasteiger partial charge in [0.2, 0.25) is 5.91 Å². The predicted molar refractivity (Wildman–Crippen MR) is 91.6 cm³/mol. The molecular weight excluding hydrogens is 321 g/mol. The van der Waals surface area contributed by atoms with Crippen molar-refractivity contribution in [2.75, 3.05) is 26.2 Å². The molecule has 0 radical (unpaired) electrons. The maximum Gasteiger partial charge on any atom is 0.254 e. The number of pyridine rings is 1. The molecule has 0 atom stereocenters. The van der Waals surface area contributed by atoms with Crippen molar-refractivity contribution in [3.63, 3.8) is 0 Å². The number of halogens is 1. The highest BCUT2D eigenvalue weighted by molar-refractivity contribution is 6.06. The summed E-state index contributed by atoms with van der Waals surface area (Å²) in [5.41, 5.74) is 1.72. The van der Waals surface area contributed by atoms with Crippen LogP contribution in [0, 0.1) is 18.7 Å². The van der Waals surface area contributed by atoms with Crippen molar-refractivity contribution < 1.29 is 14.0 Å². The van der Waals surface area contributed by atoms with Crippen LogP contribution in [0.2, 0.25) is 0 Å². The standard InChI is InChI=1S/C19H20FN3O2/c1-12-10-16(15-5-4-14(20)11-17(15)21-12)19(25)23-8-6-22(7-9-23)18(24)13-2-3-13/h4-5,10-11,13H,2-3,6-9H2,1H3. The first kappa shape index (κ1) is 16.0. The zero-order chi connectivity index (χ0) is 17.6. The van der Waals surface area contributed by atoms with Crippen molar-refractivity contribution >= 4 is 22.7 Å². The van der Waals surface area contributed by atoms with Crippen molar-refractivity contribution in [3.05, 3.63) is 41.3 Å². The first-order chi connectivity index (χ1) is 12.0. The van der Waals surface area contributed by atoms with E-state index < -0.39 is 0 Å². The summed E-state index contributed by atoms with van der Waals surface area (Å²) in [4.78, 5) is 33.1. The maximum atomic E-state index is 13.5. The molecule has 130 valence electrons. The fraction of sp³-hybridized carbons (Fsp3) is 0.421. The summed E-state index contributed by atoms with van der Waals surface area (Å²) >= 11 is 0. The van der Waals surface area contributed by atoms with E-state index in [9.17, 15) is 14.0 Å². The van der Waals surface area contributed by atoms with Crippen LogP contribution in [0.4, 0.5) is 4.39 Å². The molecule has 1 aliphatic heterocycles. The van der Waals surface area contributed by atoms with Crippen LogP contribution in [0.1, 0.15) is 28.9 Å². The van der Waals surface area contributed by atoms with Gasteiger partial charge in [-0.25, -0.2) is 4.39 Å². The van der Waals surface area contributed by atoms with Gasteiger partial charge in [-0.3, -0.25) is 14.6 Å². The molecule has 1 aromatic heterocycles. The monoisotopic (exact) mass is 341 g/mol. The fourth-order valence-corrected chi connectivity index (χ4v) is 3.40. The van der Waals surface area contributed by atoms with E-state index in [4.69, 9.17) is 0 Å². The van der Waals surface area contributed by atoms with E-state index in [1.807, 2.05) is 4.90 Å². The quantitative estimate of drug-likeness (QED) is 0.843. The fourth-order valence-electron chi connectivity index (χ4n) is 3.40. The Kier molecular flexibility index (Phi) is 3.90. The van der Waals surface area contributed by atoms with Gasteiger partial charge in [-0.1, -0.05) is 0 Å². The Morgan fingerprint density at radius 1 is 1.08 bits per heavy atom. The van der Waals surface area contributed by atoms with Gasteiger partial charge in [0, 0.05) is 49.2 Å². The van der Waals surface area contributed by atoms with Gasteiger partial charge >= 0.3 is 0 Å². The number of fused-ring (bicyclic) bond motifs is 1. The van der Waals surface area contributed by atoms with Crippen molar-refractivity contribution in [3.8, 4) is 0 Å². The number of hydrogen-bond donors (Lipinski definition) is 0. The Hall–Kier alpha value is -2.50. The zero-order valence-corrected chi connectivity index (χ0v) is 14.2. The molecule has 1 aliphatic carbocycles. The van der Waals surface area contributed by atoms with E-state index in [0.29, 0.717) is 48.3 Å². The lowest BCUT2D eigenvalue weighted by Crippen LogP contribution is -2.51. The highest BCUT2D eigenvalue weighted by atomic mass is 19.1. The van der Waals surface area contributed by atoms with Crippen LogP contribution in [0.3, 0.4) is 0 Å². The second-order valence-electron chi connectivity index (χ2n) is 6.86. The third-order valence-electron chi connectivity index (χ3n) is 4.94. The Morgan fingerprint density at radius 3 is 2.44 bits per heavy atom. The zero-order valence-electron chi connectivity index (χ0n) is 14.2. The van der Waals surface area contributed by atoms with Gasteiger partial charge in [-0.05, 0) is 38.0 Å². The van der Waals surface area contributed by atoms with E-state index in [1.165, 1.54) is 12.1 Å². The summed E-state index contributed by atoms with van der Waals surface area (Å²) < 4.78 is 13.5. The normalized spacial score (nSPS) is 17.8. The number of aromatic nitrogens is 1. The summed E-state index contributed by atoms with van der Waals surface area (Å²) in [7, 11) is 0. The largest absolute Gasteiger partial charge is 0.339 e. The number of benzene rings is 1. The number of aryl methyl sites for hydroxylation is 1. The average Bonchev–Trinajstić information content (AvgIpc) is 3.44. The lowest BCUT2D eigenvalue weighted by Gasteiger charge is -2.35. The van der Waals surface area contributed by atoms with E-state index in [1.54, 1.807) is 24.0 Å². The van der Waals surface area contributed by atoms with Gasteiger partial charge in [-0.15, -0.1) is 0 Å². The van der Waals surface area contributed by atoms with Crippen LogP contribution in [0.25, 0.3) is 10.9 Å². The molecule has 1 saturated heterocycles. The molecule has 4 rings (SSSR count). The minimum Gasteiger partial charge on any atom is -0.339 e. The molecule has 0 bridgehead atoms. The molecule has 0 unspecified atom stereocenters. The molecule has 1 saturated carbocycles. The number of rotatable bonds is 2. The van der Waals surface area contributed by atoms with E-state index >= 15 is 0 Å². The average molecular weight is 341 g/mol. The van der Waals surface area contributed by atoms with Gasteiger partial charge in [0.25, 0.3) is 5.91 Å². The van der Waals surface area contributed by atoms with Crippen molar-refractivity contribution in [1.82, 2.24) is 14.8 Å². The summed E-state index contributed by atoms with van der Waals surface area (Å²) in [6.07, 6.45) is 1.99. The number of nitrogens with zero attached hydrogens (tertiary/aromatic N) is 3. The van der Waals surface area contributed by atoms with Gasteiger partial charge < -0.3 is 9.80 Å². The Balaban J connectivity index is 1.55. The second kappa shape index (κ2) is 6.10. The van der Waals surface area contributed by atoms with Crippen LogP contribution in [-0.2, 0) is 4.79 Å². The van der Waals surface area contributed by atoms with Gasteiger partial charge in [-0.2, -0.15) is 0 Å². The van der Waals surface area contributed by atoms with Crippen molar-refractivity contribution in [1.29, 1.82) is 0 Å². The Morgan fingerprint density at radius 2 is 1.76 bits per heavy atom. The van der Waals surface area contributed by atoms with E-state index in [0.717, 1.165) is 12.8 Å². The van der Waals surface area contributed by atoms with Crippen molar-refractivity contribution in [2.24, 2.45) is 5.92 Å². The van der Waals surface area contributed by atoms with Crippen LogP contribution in [-0.4, -0.2) is 52.8 Å². The molecule has 2 aliphatic rings. The Labute approximate surface area is 145 Å². The van der Waals surface area contributed by atoms with E-state index in [-0.39, 0.29) is 23.5 Å². The number of carbonyl (C=O) groups excluding carboxylic acids is 2. The molecule has 2 fully saturated rings. The summed E-state index contributed by atoms with van der Waals surface area (Å²) in [6, 6.07) is 6.06. The molecule has 2 amide bonds. The number of piperazine rings is 1. The molecule has 2 aromatic rings. The lowest BCUT2D eigenvalue weighted by molar-refractivity contribution is -0.134. The lowest BCUT2D eigenvalue weighted by atomic mass is 10.1. The SMILES string of the molecule is Cc1cc(C(=O)N2CCN(C(=O)C3CC3)CC2)c2ccc(F)cc2n1. The molecule has 6 heteroatoms. The van der Waals surface area contributed by atoms with Gasteiger partial charge in [0.05, 0.1) is 11.1 Å². The topological polar surface area (TPSA) is 53.5 Å². The Bertz CT molecular complexity index is 850. The molecule has 5 nitrogen and oxygen atoms in total. The molecular formula is C19H20FN3O2. The van der Waals surface area contributed by atoms with Crippen LogP contribution >= 0.6 is 0 Å². The second-order valence-corrected chi connectivity index (χ2v) is 6.86. The molecule has 25 heavy (non-hydrogen) atoms. The first-order valence-corrected chi connectivity index (χ1v) is 8.68. The molecule has 2 heterocycles. The van der Waals surface area contributed by atoms with E-state index in [2.05, 4.69) is 4.98 Å². The van der Waals surface area contributed by atoms with Crippen LogP contribution < -0.4 is 0 Å². The molecule has 0 N–H and O–H groups in total. The number of hydrogen-bond acceptors (Lipinski definition) is 3. The minimum absolute atomic E-state index is 0.0828. The van der Waals surface area contributed by atoms with Crippen LogP contribution in [0.15, 0.2) is 24.3 Å². The number of carbonyl (C=O) groups is 2. The first-order valence-electron chi connectivity index (χ1n) is 8.68. The predicted octanol–water partition coefficient (Wildman–Crippen LogP) is 2.38. The van der Waals surface area contributed by atoms with Crippen molar-refractivity contribution in [2.45, 2.75) is 19.8 Å². The summed E-state index contributed by atoms with van der Waals surface area (Å²) in [6.45, 7) is 4.02. The third kappa shape index (κ3) is 3.08. The smallest absolute Gasteiger partial charge is 0.254 e. The minimum atomic E-state index is -0.365. The third-order valence-corrected chi connectivity index (χ3v) is 4.94. The van der Waals surface area contributed by atoms with Gasteiger partial charge in [0.15, 0.2) is 0 Å². The highest BCUT2D eigenvalue weighted by Gasteiger charge is 2.35. The maximum absolute atomic E-state index is 13.5. The highest BCUT2D eigenvalue weighted by Crippen LogP contribution is 2.31. The van der Waals surface area contributed by atoms with Crippen LogP contribution in [0.5, 0.6) is 0 Å². The molecule has 1 aromatic carbocycles.